The SMILES string of the molecule is CCOC(=O)NS(=O)(=O)N1CCN(C(=O)NC(C(=O)O)c2ccccc2)C1=O. The van der Waals surface area contributed by atoms with Crippen molar-refractivity contribution in [2.75, 3.05) is 19.7 Å². The minimum atomic E-state index is -4.57. The van der Waals surface area contributed by atoms with E-state index in [-0.39, 0.29) is 23.0 Å². The van der Waals surface area contributed by atoms with Crippen LogP contribution < -0.4 is 10.0 Å². The van der Waals surface area contributed by atoms with Crippen LogP contribution in [0.5, 0.6) is 0 Å². The maximum atomic E-state index is 12.3. The van der Waals surface area contributed by atoms with E-state index in [0.717, 1.165) is 0 Å². The van der Waals surface area contributed by atoms with Gasteiger partial charge in [0.15, 0.2) is 6.04 Å². The quantitative estimate of drug-likeness (QED) is 0.596. The molecule has 1 atom stereocenters. The number of amides is 5. The molecule has 1 unspecified atom stereocenters. The predicted octanol–water partition coefficient (Wildman–Crippen LogP) is 0.250. The van der Waals surface area contributed by atoms with E-state index in [4.69, 9.17) is 0 Å². The Hall–Kier alpha value is -3.35. The summed E-state index contributed by atoms with van der Waals surface area (Å²) in [6, 6.07) is 4.01. The number of carboxylic acids is 1. The molecule has 0 bridgehead atoms. The van der Waals surface area contributed by atoms with Gasteiger partial charge in [-0.05, 0) is 12.5 Å². The molecular weight excluding hydrogens is 396 g/mol. The maximum absolute atomic E-state index is 12.3. The van der Waals surface area contributed by atoms with E-state index >= 15 is 0 Å². The normalized spacial score (nSPS) is 15.1. The fourth-order valence-electron chi connectivity index (χ4n) is 2.38. The molecule has 1 aromatic carbocycles. The summed E-state index contributed by atoms with van der Waals surface area (Å²) < 4.78 is 30.4. The third-order valence-corrected chi connectivity index (χ3v) is 4.99. The highest BCUT2D eigenvalue weighted by atomic mass is 32.2. The summed E-state index contributed by atoms with van der Waals surface area (Å²) in [5, 5.41) is 11.5. The standard InChI is InChI=1S/C15H18N4O8S/c1-2-27-14(23)17-28(25,26)19-9-8-18(15(19)24)13(22)16-11(12(20)21)10-6-4-3-5-7-10/h3-7,11H,2,8-9H2,1H3,(H,16,22)(H,17,23)(H,20,21). The largest absolute Gasteiger partial charge is 0.479 e. The van der Waals surface area contributed by atoms with Crippen molar-refractivity contribution >= 4 is 34.3 Å². The van der Waals surface area contributed by atoms with Gasteiger partial charge in [-0.1, -0.05) is 30.3 Å². The van der Waals surface area contributed by atoms with Gasteiger partial charge in [-0.15, -0.1) is 0 Å². The number of hydrogen-bond acceptors (Lipinski definition) is 7. The van der Waals surface area contributed by atoms with Crippen LogP contribution in [0.3, 0.4) is 0 Å². The van der Waals surface area contributed by atoms with E-state index in [2.05, 4.69) is 10.1 Å². The first-order valence-electron chi connectivity index (χ1n) is 8.04. The first-order valence-corrected chi connectivity index (χ1v) is 9.48. The van der Waals surface area contributed by atoms with E-state index in [0.29, 0.717) is 4.90 Å². The second kappa shape index (κ2) is 8.56. The summed E-state index contributed by atoms with van der Waals surface area (Å²) in [6.07, 6.45) is -1.27. The number of urea groups is 2. The fourth-order valence-corrected chi connectivity index (χ4v) is 3.39. The Morgan fingerprint density at radius 3 is 2.43 bits per heavy atom. The summed E-state index contributed by atoms with van der Waals surface area (Å²) in [5.41, 5.74) is 0.267. The number of imide groups is 1. The molecule has 0 aliphatic carbocycles. The number of ether oxygens (including phenoxy) is 1. The molecule has 28 heavy (non-hydrogen) atoms. The first kappa shape index (κ1) is 21.0. The molecule has 0 saturated carbocycles. The summed E-state index contributed by atoms with van der Waals surface area (Å²) in [5.74, 6) is -1.36. The fraction of sp³-hybridized carbons (Fsp3) is 0.333. The number of aliphatic carboxylic acids is 1. The minimum absolute atomic E-state index is 0.0834. The molecule has 1 heterocycles. The van der Waals surface area contributed by atoms with Gasteiger partial charge < -0.3 is 15.2 Å². The lowest BCUT2D eigenvalue weighted by molar-refractivity contribution is -0.139. The second-order valence-electron chi connectivity index (χ2n) is 5.47. The van der Waals surface area contributed by atoms with Crippen molar-refractivity contribution in [3.05, 3.63) is 35.9 Å². The van der Waals surface area contributed by atoms with Crippen LogP contribution >= 0.6 is 0 Å². The number of carbonyl (C=O) groups is 4. The maximum Gasteiger partial charge on any atom is 0.422 e. The summed E-state index contributed by atoms with van der Waals surface area (Å²) in [4.78, 5) is 47.9. The van der Waals surface area contributed by atoms with Crippen molar-refractivity contribution in [3.63, 3.8) is 0 Å². The van der Waals surface area contributed by atoms with Crippen molar-refractivity contribution in [2.45, 2.75) is 13.0 Å². The minimum Gasteiger partial charge on any atom is -0.479 e. The summed E-state index contributed by atoms with van der Waals surface area (Å²) >= 11 is 0. The van der Waals surface area contributed by atoms with Gasteiger partial charge in [0.25, 0.3) is 0 Å². The smallest absolute Gasteiger partial charge is 0.422 e. The molecule has 0 aromatic heterocycles. The van der Waals surface area contributed by atoms with E-state index in [1.165, 1.54) is 23.8 Å². The molecule has 2 rings (SSSR count). The van der Waals surface area contributed by atoms with Gasteiger partial charge in [-0.2, -0.15) is 8.42 Å². The van der Waals surface area contributed by atoms with E-state index < -0.39 is 46.9 Å². The zero-order valence-corrected chi connectivity index (χ0v) is 15.5. The Morgan fingerprint density at radius 2 is 1.86 bits per heavy atom. The molecule has 3 N–H and O–H groups in total. The number of nitrogens with zero attached hydrogens (tertiary/aromatic N) is 2. The Morgan fingerprint density at radius 1 is 1.21 bits per heavy atom. The number of carbonyl (C=O) groups excluding carboxylic acids is 3. The molecule has 1 fully saturated rings. The van der Waals surface area contributed by atoms with Crippen LogP contribution in [-0.2, 0) is 19.7 Å². The number of rotatable bonds is 6. The Kier molecular flexibility index (Phi) is 6.41. The summed E-state index contributed by atoms with van der Waals surface area (Å²) in [6.45, 7) is 0.643. The molecular formula is C15H18N4O8S. The molecule has 13 heteroatoms. The van der Waals surface area contributed by atoms with Crippen LogP contribution in [-0.4, -0.2) is 66.6 Å². The predicted molar refractivity (Wildman–Crippen MR) is 93.2 cm³/mol. The third kappa shape index (κ3) is 4.68. The number of nitrogens with one attached hydrogen (secondary N) is 2. The Balaban J connectivity index is 2.10. The highest BCUT2D eigenvalue weighted by Crippen LogP contribution is 2.17. The Bertz CT molecular complexity index is 873. The molecule has 5 amide bonds. The second-order valence-corrected chi connectivity index (χ2v) is 7.06. The van der Waals surface area contributed by atoms with Crippen molar-refractivity contribution in [1.29, 1.82) is 0 Å². The zero-order valence-electron chi connectivity index (χ0n) is 14.7. The van der Waals surface area contributed by atoms with E-state index in [1.807, 2.05) is 0 Å². The molecule has 12 nitrogen and oxygen atoms in total. The van der Waals surface area contributed by atoms with Crippen LogP contribution in [0.25, 0.3) is 0 Å². The third-order valence-electron chi connectivity index (χ3n) is 3.64. The first-order chi connectivity index (χ1) is 13.2. The zero-order chi connectivity index (χ0) is 20.9. The molecule has 1 aromatic rings. The van der Waals surface area contributed by atoms with Crippen LogP contribution in [0, 0.1) is 0 Å². The molecule has 0 radical (unpaired) electrons. The molecule has 1 aliphatic heterocycles. The average Bonchev–Trinajstić information content (AvgIpc) is 3.02. The lowest BCUT2D eigenvalue weighted by Gasteiger charge is -2.20. The number of hydrogen-bond donors (Lipinski definition) is 3. The topological polar surface area (TPSA) is 162 Å². The molecule has 1 saturated heterocycles. The molecule has 152 valence electrons. The highest BCUT2D eigenvalue weighted by Gasteiger charge is 2.42. The van der Waals surface area contributed by atoms with Crippen molar-refractivity contribution in [3.8, 4) is 0 Å². The lowest BCUT2D eigenvalue weighted by atomic mass is 10.1. The monoisotopic (exact) mass is 414 g/mol. The lowest BCUT2D eigenvalue weighted by Crippen LogP contribution is -2.49. The Labute approximate surface area is 160 Å². The van der Waals surface area contributed by atoms with Gasteiger partial charge in [0.2, 0.25) is 0 Å². The number of benzene rings is 1. The number of carboxylic acid groups (broad SMARTS) is 1. The van der Waals surface area contributed by atoms with E-state index in [1.54, 1.807) is 18.2 Å². The van der Waals surface area contributed by atoms with Crippen molar-refractivity contribution in [2.24, 2.45) is 0 Å². The summed E-state index contributed by atoms with van der Waals surface area (Å²) in [7, 11) is -4.57. The highest BCUT2D eigenvalue weighted by molar-refractivity contribution is 7.88. The van der Waals surface area contributed by atoms with Crippen LogP contribution in [0.4, 0.5) is 14.4 Å². The molecule has 1 aliphatic rings. The van der Waals surface area contributed by atoms with Gasteiger partial charge >= 0.3 is 34.3 Å². The van der Waals surface area contributed by atoms with Gasteiger partial charge in [0.05, 0.1) is 19.7 Å². The van der Waals surface area contributed by atoms with Gasteiger partial charge in [0, 0.05) is 0 Å². The average molecular weight is 414 g/mol. The van der Waals surface area contributed by atoms with E-state index in [9.17, 15) is 32.7 Å². The van der Waals surface area contributed by atoms with Crippen molar-refractivity contribution in [1.82, 2.24) is 19.2 Å². The molecule has 0 spiro atoms. The van der Waals surface area contributed by atoms with Gasteiger partial charge in [-0.25, -0.2) is 33.1 Å². The van der Waals surface area contributed by atoms with Crippen LogP contribution in [0.1, 0.15) is 18.5 Å². The van der Waals surface area contributed by atoms with Crippen LogP contribution in [0.2, 0.25) is 0 Å². The van der Waals surface area contributed by atoms with Crippen LogP contribution in [0.15, 0.2) is 30.3 Å². The van der Waals surface area contributed by atoms with Gasteiger partial charge in [0.1, 0.15) is 0 Å². The van der Waals surface area contributed by atoms with Gasteiger partial charge in [-0.3, -0.25) is 0 Å². The van der Waals surface area contributed by atoms with Crippen molar-refractivity contribution < 1.29 is 37.4 Å².